The molecule has 0 aromatic heterocycles. The Morgan fingerprint density at radius 3 is 2.57 bits per heavy atom. The second kappa shape index (κ2) is 3.51. The van der Waals surface area contributed by atoms with Crippen molar-refractivity contribution in [2.45, 2.75) is 19.3 Å². The molecule has 0 aromatic rings. The summed E-state index contributed by atoms with van der Waals surface area (Å²) < 4.78 is 0. The van der Waals surface area contributed by atoms with E-state index in [-0.39, 0.29) is 18.6 Å². The van der Waals surface area contributed by atoms with Crippen LogP contribution in [0.15, 0.2) is 0 Å². The number of hydrogen-bond acceptors (Lipinski definition) is 3. The van der Waals surface area contributed by atoms with E-state index in [4.69, 9.17) is 5.11 Å². The highest BCUT2D eigenvalue weighted by molar-refractivity contribution is 5.69. The fourth-order valence-corrected chi connectivity index (χ4v) is 2.90. The average molecular weight is 199 g/mol. The van der Waals surface area contributed by atoms with Gasteiger partial charge in [-0.05, 0) is 18.3 Å². The molecule has 0 radical (unpaired) electrons. The minimum atomic E-state index is -0.766. The van der Waals surface area contributed by atoms with Gasteiger partial charge in [0, 0.05) is 25.6 Å². The van der Waals surface area contributed by atoms with Crippen LogP contribution in [0.25, 0.3) is 0 Å². The zero-order valence-corrected chi connectivity index (χ0v) is 8.28. The number of aliphatic hydroxyl groups is 1. The first-order valence-electron chi connectivity index (χ1n) is 5.21. The fraction of sp³-hybridized carbons (Fsp3) is 0.900. The molecular weight excluding hydrogens is 182 g/mol. The third kappa shape index (κ3) is 1.53. The molecule has 14 heavy (non-hydrogen) atoms. The van der Waals surface area contributed by atoms with Crippen molar-refractivity contribution in [1.82, 2.24) is 4.90 Å². The van der Waals surface area contributed by atoms with Crippen LogP contribution in [0.5, 0.6) is 0 Å². The van der Waals surface area contributed by atoms with Crippen LogP contribution in [0.2, 0.25) is 0 Å². The molecule has 2 aliphatic rings. The van der Waals surface area contributed by atoms with Gasteiger partial charge in [0.2, 0.25) is 0 Å². The van der Waals surface area contributed by atoms with E-state index >= 15 is 0 Å². The van der Waals surface area contributed by atoms with E-state index in [1.54, 1.807) is 0 Å². The first-order valence-corrected chi connectivity index (χ1v) is 5.21. The van der Waals surface area contributed by atoms with Gasteiger partial charge in [-0.15, -0.1) is 0 Å². The van der Waals surface area contributed by atoms with E-state index in [0.717, 1.165) is 25.9 Å². The quantitative estimate of drug-likeness (QED) is 0.680. The molecule has 1 saturated heterocycles. The summed E-state index contributed by atoms with van der Waals surface area (Å²) in [5.41, 5.74) is 0.254. The van der Waals surface area contributed by atoms with Crippen molar-refractivity contribution in [3.8, 4) is 0 Å². The number of likely N-dealkylation sites (tertiary alicyclic amines) is 1. The number of carboxylic acids is 1. The highest BCUT2D eigenvalue weighted by Crippen LogP contribution is 2.51. The minimum absolute atomic E-state index is 0.123. The largest absolute Gasteiger partial charge is 0.480 e. The molecule has 4 nitrogen and oxygen atoms in total. The van der Waals surface area contributed by atoms with Gasteiger partial charge in [0.1, 0.15) is 0 Å². The maximum absolute atomic E-state index is 10.6. The normalized spacial score (nSPS) is 30.5. The van der Waals surface area contributed by atoms with Crippen molar-refractivity contribution in [2.75, 3.05) is 26.2 Å². The number of aliphatic carboxylic acids is 1. The summed E-state index contributed by atoms with van der Waals surface area (Å²) in [6.45, 7) is 1.95. The van der Waals surface area contributed by atoms with E-state index in [0.29, 0.717) is 5.92 Å². The SMILES string of the molecule is O=C(O)CN1C[C@H](CO)C2(CCC2)C1. The van der Waals surface area contributed by atoms with Gasteiger partial charge >= 0.3 is 5.97 Å². The van der Waals surface area contributed by atoms with Crippen LogP contribution in [0.1, 0.15) is 19.3 Å². The Labute approximate surface area is 83.5 Å². The number of nitrogens with zero attached hydrogens (tertiary/aromatic N) is 1. The first-order chi connectivity index (χ1) is 6.66. The molecule has 1 saturated carbocycles. The minimum Gasteiger partial charge on any atom is -0.480 e. The lowest BCUT2D eigenvalue weighted by atomic mass is 9.63. The summed E-state index contributed by atoms with van der Waals surface area (Å²) in [5, 5.41) is 17.9. The van der Waals surface area contributed by atoms with Gasteiger partial charge in [-0.1, -0.05) is 6.42 Å². The number of aliphatic hydroxyl groups excluding tert-OH is 1. The Hall–Kier alpha value is -0.610. The van der Waals surface area contributed by atoms with Crippen LogP contribution >= 0.6 is 0 Å². The highest BCUT2D eigenvalue weighted by Gasteiger charge is 2.49. The van der Waals surface area contributed by atoms with Crippen LogP contribution in [-0.2, 0) is 4.79 Å². The second-order valence-corrected chi connectivity index (χ2v) is 4.66. The molecule has 2 rings (SSSR count). The van der Waals surface area contributed by atoms with Crippen LogP contribution in [-0.4, -0.2) is 47.3 Å². The second-order valence-electron chi connectivity index (χ2n) is 4.66. The fourth-order valence-electron chi connectivity index (χ4n) is 2.90. The van der Waals surface area contributed by atoms with E-state index in [9.17, 15) is 9.90 Å². The van der Waals surface area contributed by atoms with E-state index < -0.39 is 5.97 Å². The average Bonchev–Trinajstić information content (AvgIpc) is 2.41. The molecule has 1 heterocycles. The standard InChI is InChI=1S/C10H17NO3/c12-6-8-4-11(5-9(13)14)7-10(8)2-1-3-10/h8,12H,1-7H2,(H,13,14)/t8-/m1/s1. The van der Waals surface area contributed by atoms with Gasteiger partial charge in [0.15, 0.2) is 0 Å². The van der Waals surface area contributed by atoms with Crippen molar-refractivity contribution >= 4 is 5.97 Å². The van der Waals surface area contributed by atoms with Gasteiger partial charge in [-0.3, -0.25) is 9.69 Å². The van der Waals surface area contributed by atoms with E-state index in [2.05, 4.69) is 0 Å². The lowest BCUT2D eigenvalue weighted by molar-refractivity contribution is -0.138. The number of hydrogen-bond donors (Lipinski definition) is 2. The van der Waals surface area contributed by atoms with Crippen molar-refractivity contribution in [2.24, 2.45) is 11.3 Å². The molecule has 2 fully saturated rings. The van der Waals surface area contributed by atoms with Gasteiger partial charge in [0.25, 0.3) is 0 Å². The third-order valence-corrected chi connectivity index (χ3v) is 3.81. The summed E-state index contributed by atoms with van der Waals surface area (Å²) in [7, 11) is 0. The molecule has 2 N–H and O–H groups in total. The Morgan fingerprint density at radius 2 is 2.21 bits per heavy atom. The van der Waals surface area contributed by atoms with Gasteiger partial charge in [-0.2, -0.15) is 0 Å². The molecular formula is C10H17NO3. The van der Waals surface area contributed by atoms with E-state index in [1.807, 2.05) is 4.90 Å². The van der Waals surface area contributed by atoms with Crippen molar-refractivity contribution in [3.63, 3.8) is 0 Å². The first kappa shape index (κ1) is 9.93. The van der Waals surface area contributed by atoms with Crippen LogP contribution in [0, 0.1) is 11.3 Å². The van der Waals surface area contributed by atoms with Crippen LogP contribution in [0.4, 0.5) is 0 Å². The topological polar surface area (TPSA) is 60.8 Å². The predicted molar refractivity (Wildman–Crippen MR) is 50.9 cm³/mol. The molecule has 0 amide bonds. The zero-order chi connectivity index (χ0) is 10.2. The van der Waals surface area contributed by atoms with Crippen LogP contribution in [0.3, 0.4) is 0 Å². The Bertz CT molecular complexity index is 238. The smallest absolute Gasteiger partial charge is 0.317 e. The lowest BCUT2D eigenvalue weighted by Crippen LogP contribution is -2.39. The maximum Gasteiger partial charge on any atom is 0.317 e. The molecule has 1 aliphatic carbocycles. The van der Waals surface area contributed by atoms with Crippen LogP contribution < -0.4 is 0 Å². The summed E-state index contributed by atoms with van der Waals surface area (Å²) >= 11 is 0. The van der Waals surface area contributed by atoms with Gasteiger partial charge in [-0.25, -0.2) is 0 Å². The molecule has 1 atom stereocenters. The van der Waals surface area contributed by atoms with Crippen molar-refractivity contribution < 1.29 is 15.0 Å². The van der Waals surface area contributed by atoms with Crippen molar-refractivity contribution in [1.29, 1.82) is 0 Å². The molecule has 4 heteroatoms. The Kier molecular flexibility index (Phi) is 2.49. The van der Waals surface area contributed by atoms with Gasteiger partial charge in [0.05, 0.1) is 6.54 Å². The Morgan fingerprint density at radius 1 is 1.50 bits per heavy atom. The maximum atomic E-state index is 10.6. The highest BCUT2D eigenvalue weighted by atomic mass is 16.4. The van der Waals surface area contributed by atoms with Crippen molar-refractivity contribution in [3.05, 3.63) is 0 Å². The predicted octanol–water partition coefficient (Wildman–Crippen LogP) is 0.165. The summed E-state index contributed by atoms with van der Waals surface area (Å²) in [5.74, 6) is -0.464. The zero-order valence-electron chi connectivity index (χ0n) is 8.28. The molecule has 1 aliphatic heterocycles. The lowest BCUT2D eigenvalue weighted by Gasteiger charge is -2.42. The molecule has 1 spiro atoms. The third-order valence-electron chi connectivity index (χ3n) is 3.81. The molecule has 0 unspecified atom stereocenters. The van der Waals surface area contributed by atoms with E-state index in [1.165, 1.54) is 6.42 Å². The summed E-state index contributed by atoms with van der Waals surface area (Å²) in [6, 6.07) is 0. The Balaban J connectivity index is 1.97. The molecule has 80 valence electrons. The number of rotatable bonds is 3. The summed E-state index contributed by atoms with van der Waals surface area (Å²) in [6.07, 6.45) is 3.56. The van der Waals surface area contributed by atoms with Gasteiger partial charge < -0.3 is 10.2 Å². The molecule has 0 bridgehead atoms. The monoisotopic (exact) mass is 199 g/mol. The number of carboxylic acid groups (broad SMARTS) is 1. The molecule has 0 aromatic carbocycles. The summed E-state index contributed by atoms with van der Waals surface area (Å²) in [4.78, 5) is 12.5. The number of carbonyl (C=O) groups is 1.